The van der Waals surface area contributed by atoms with E-state index >= 15 is 0 Å². The van der Waals surface area contributed by atoms with Gasteiger partial charge in [-0.2, -0.15) is 4.31 Å². The van der Waals surface area contributed by atoms with Gasteiger partial charge in [0.15, 0.2) is 0 Å². The summed E-state index contributed by atoms with van der Waals surface area (Å²) in [4.78, 5) is 0. The zero-order valence-corrected chi connectivity index (χ0v) is 8.19. The van der Waals surface area contributed by atoms with E-state index in [0.717, 1.165) is 12.8 Å². The zero-order valence-electron chi connectivity index (χ0n) is 7.37. The second-order valence-corrected chi connectivity index (χ2v) is 5.25. The molecule has 0 amide bonds. The van der Waals surface area contributed by atoms with Crippen molar-refractivity contribution >= 4 is 10.0 Å². The third kappa shape index (κ3) is 1.99. The van der Waals surface area contributed by atoms with Crippen LogP contribution in [0, 0.1) is 11.8 Å². The zero-order chi connectivity index (χ0) is 9.19. The van der Waals surface area contributed by atoms with Gasteiger partial charge in [-0.1, -0.05) is 5.92 Å². The van der Waals surface area contributed by atoms with E-state index < -0.39 is 10.0 Å². The second kappa shape index (κ2) is 3.46. The maximum absolute atomic E-state index is 11.5. The minimum absolute atomic E-state index is 0.124. The molecule has 1 aliphatic carbocycles. The van der Waals surface area contributed by atoms with E-state index in [-0.39, 0.29) is 5.25 Å². The molecule has 1 saturated carbocycles. The summed E-state index contributed by atoms with van der Waals surface area (Å²) >= 11 is 0. The number of nitrogens with zero attached hydrogens (tertiary/aromatic N) is 1. The van der Waals surface area contributed by atoms with E-state index in [0.29, 0.717) is 6.54 Å². The maximum Gasteiger partial charge on any atom is 0.217 e. The van der Waals surface area contributed by atoms with Crippen LogP contribution in [0.25, 0.3) is 0 Å². The van der Waals surface area contributed by atoms with Crippen LogP contribution in [-0.4, -0.2) is 31.6 Å². The van der Waals surface area contributed by atoms with Crippen molar-refractivity contribution in [1.82, 2.24) is 4.31 Å². The Morgan fingerprint density at radius 3 is 2.50 bits per heavy atom. The van der Waals surface area contributed by atoms with Crippen molar-refractivity contribution in [2.45, 2.75) is 25.0 Å². The lowest BCUT2D eigenvalue weighted by atomic mass is 10.6. The van der Waals surface area contributed by atoms with Gasteiger partial charge in [0.1, 0.15) is 0 Å². The second-order valence-electron chi connectivity index (χ2n) is 2.93. The van der Waals surface area contributed by atoms with Gasteiger partial charge in [0, 0.05) is 7.05 Å². The van der Waals surface area contributed by atoms with E-state index in [1.807, 2.05) is 0 Å². The van der Waals surface area contributed by atoms with Crippen LogP contribution < -0.4 is 0 Å². The van der Waals surface area contributed by atoms with Gasteiger partial charge < -0.3 is 0 Å². The normalized spacial score (nSPS) is 17.2. The molecule has 0 radical (unpaired) electrons. The Hall–Kier alpha value is -0.530. The van der Waals surface area contributed by atoms with Crippen molar-refractivity contribution in [3.63, 3.8) is 0 Å². The van der Waals surface area contributed by atoms with Gasteiger partial charge in [-0.05, 0) is 19.8 Å². The lowest BCUT2D eigenvalue weighted by Gasteiger charge is -2.12. The topological polar surface area (TPSA) is 37.4 Å². The summed E-state index contributed by atoms with van der Waals surface area (Å²) in [5.74, 6) is 5.41. The molecular formula is C8H13NO2S. The standard InChI is InChI=1S/C8H13NO2S/c1-3-4-7-9(2)12(10,11)8-5-6-8/h8H,5-7H2,1-2H3. The highest BCUT2D eigenvalue weighted by Gasteiger charge is 2.38. The number of hydrogen-bond acceptors (Lipinski definition) is 2. The Labute approximate surface area is 73.8 Å². The van der Waals surface area contributed by atoms with Crippen LogP contribution in [0.2, 0.25) is 0 Å². The first-order valence-electron chi connectivity index (χ1n) is 3.94. The Morgan fingerprint density at radius 1 is 1.50 bits per heavy atom. The van der Waals surface area contributed by atoms with Crippen LogP contribution in [-0.2, 0) is 10.0 Å². The van der Waals surface area contributed by atoms with E-state index in [1.165, 1.54) is 4.31 Å². The van der Waals surface area contributed by atoms with Crippen molar-refractivity contribution in [3.8, 4) is 11.8 Å². The van der Waals surface area contributed by atoms with Gasteiger partial charge >= 0.3 is 0 Å². The van der Waals surface area contributed by atoms with Crippen molar-refractivity contribution in [1.29, 1.82) is 0 Å². The number of hydrogen-bond donors (Lipinski definition) is 0. The molecule has 68 valence electrons. The summed E-state index contributed by atoms with van der Waals surface area (Å²) in [5, 5.41) is -0.124. The van der Waals surface area contributed by atoms with E-state index in [4.69, 9.17) is 0 Å². The summed E-state index contributed by atoms with van der Waals surface area (Å²) in [7, 11) is -1.43. The number of rotatable bonds is 3. The minimum Gasteiger partial charge on any atom is -0.212 e. The highest BCUT2D eigenvalue weighted by Crippen LogP contribution is 2.29. The van der Waals surface area contributed by atoms with Crippen LogP contribution >= 0.6 is 0 Å². The van der Waals surface area contributed by atoms with Gasteiger partial charge in [-0.25, -0.2) is 8.42 Å². The largest absolute Gasteiger partial charge is 0.217 e. The molecule has 1 rings (SSSR count). The van der Waals surface area contributed by atoms with E-state index in [2.05, 4.69) is 11.8 Å². The summed E-state index contributed by atoms with van der Waals surface area (Å²) < 4.78 is 24.2. The lowest BCUT2D eigenvalue weighted by molar-refractivity contribution is 0.501. The van der Waals surface area contributed by atoms with Gasteiger partial charge in [-0.3, -0.25) is 0 Å². The van der Waals surface area contributed by atoms with Gasteiger partial charge in [0.25, 0.3) is 0 Å². The van der Waals surface area contributed by atoms with Crippen molar-refractivity contribution in [2.75, 3.05) is 13.6 Å². The van der Waals surface area contributed by atoms with Gasteiger partial charge in [-0.15, -0.1) is 5.92 Å². The summed E-state index contributed by atoms with van der Waals surface area (Å²) in [6.45, 7) is 2.02. The SMILES string of the molecule is CC#CCN(C)S(=O)(=O)C1CC1. The summed E-state index contributed by atoms with van der Waals surface area (Å²) in [5.41, 5.74) is 0. The first kappa shape index (κ1) is 9.56. The molecule has 0 aliphatic heterocycles. The quantitative estimate of drug-likeness (QED) is 0.601. The lowest BCUT2D eigenvalue weighted by Crippen LogP contribution is -2.30. The molecule has 0 saturated heterocycles. The predicted octanol–water partition coefficient (Wildman–Crippen LogP) is 0.434. The van der Waals surface area contributed by atoms with Crippen LogP contribution in [0.5, 0.6) is 0 Å². The molecule has 0 aromatic heterocycles. The molecule has 1 aliphatic rings. The first-order valence-corrected chi connectivity index (χ1v) is 5.44. The predicted molar refractivity (Wildman–Crippen MR) is 48.0 cm³/mol. The highest BCUT2D eigenvalue weighted by atomic mass is 32.2. The van der Waals surface area contributed by atoms with Gasteiger partial charge in [0.2, 0.25) is 10.0 Å². The summed E-state index contributed by atoms with van der Waals surface area (Å²) in [6.07, 6.45) is 1.62. The van der Waals surface area contributed by atoms with E-state index in [1.54, 1.807) is 14.0 Å². The van der Waals surface area contributed by atoms with Crippen molar-refractivity contribution < 1.29 is 8.42 Å². The molecule has 1 fully saturated rings. The third-order valence-corrected chi connectivity index (χ3v) is 4.17. The smallest absolute Gasteiger partial charge is 0.212 e. The summed E-state index contributed by atoms with van der Waals surface area (Å²) in [6, 6.07) is 0. The molecule has 0 atom stereocenters. The van der Waals surface area contributed by atoms with Crippen LogP contribution in [0.4, 0.5) is 0 Å². The molecular weight excluding hydrogens is 174 g/mol. The van der Waals surface area contributed by atoms with Gasteiger partial charge in [0.05, 0.1) is 11.8 Å². The molecule has 0 heterocycles. The van der Waals surface area contributed by atoms with Crippen LogP contribution in [0.1, 0.15) is 19.8 Å². The molecule has 0 N–H and O–H groups in total. The van der Waals surface area contributed by atoms with Crippen molar-refractivity contribution in [3.05, 3.63) is 0 Å². The fourth-order valence-corrected chi connectivity index (χ4v) is 2.39. The fraction of sp³-hybridized carbons (Fsp3) is 0.750. The highest BCUT2D eigenvalue weighted by molar-refractivity contribution is 7.90. The molecule has 0 spiro atoms. The Balaban J connectivity index is 2.59. The van der Waals surface area contributed by atoms with Crippen molar-refractivity contribution in [2.24, 2.45) is 0 Å². The molecule has 4 heteroatoms. The Morgan fingerprint density at radius 2 is 2.08 bits per heavy atom. The molecule has 3 nitrogen and oxygen atoms in total. The van der Waals surface area contributed by atoms with E-state index in [9.17, 15) is 8.42 Å². The van der Waals surface area contributed by atoms with Crippen LogP contribution in [0.15, 0.2) is 0 Å². The maximum atomic E-state index is 11.5. The molecule has 0 aromatic rings. The minimum atomic E-state index is -3.01. The fourth-order valence-electron chi connectivity index (χ4n) is 0.901. The Bertz CT molecular complexity index is 306. The third-order valence-electron chi connectivity index (χ3n) is 1.86. The number of sulfonamides is 1. The molecule has 12 heavy (non-hydrogen) atoms. The molecule has 0 aromatic carbocycles. The monoisotopic (exact) mass is 187 g/mol. The molecule has 0 unspecified atom stereocenters. The first-order chi connectivity index (χ1) is 5.59. The average molecular weight is 187 g/mol. The average Bonchev–Trinajstić information content (AvgIpc) is 2.81. The Kier molecular flexibility index (Phi) is 2.76. The molecule has 0 bridgehead atoms. The van der Waals surface area contributed by atoms with Crippen LogP contribution in [0.3, 0.4) is 0 Å².